The van der Waals surface area contributed by atoms with E-state index in [-0.39, 0.29) is 0 Å². The molecule has 1 nitrogen and oxygen atoms in total. The van der Waals surface area contributed by atoms with Crippen LogP contribution in [0.25, 0.3) is 87.6 Å². The van der Waals surface area contributed by atoms with Crippen molar-refractivity contribution >= 4 is 60.2 Å². The van der Waals surface area contributed by atoms with Gasteiger partial charge in [-0.2, -0.15) is 0 Å². The summed E-state index contributed by atoms with van der Waals surface area (Å²) in [6.45, 7) is 0. The van der Waals surface area contributed by atoms with E-state index in [2.05, 4.69) is 205 Å². The Hall–Kier alpha value is -7.48. The molecule has 11 aromatic rings. The van der Waals surface area contributed by atoms with Crippen molar-refractivity contribution in [2.24, 2.45) is 0 Å². The topological polar surface area (TPSA) is 3.24 Å². The largest absolute Gasteiger partial charge is 0.310 e. The summed E-state index contributed by atoms with van der Waals surface area (Å²) in [4.78, 5) is 2.46. The first kappa shape index (κ1) is 38.0. The highest BCUT2D eigenvalue weighted by molar-refractivity contribution is 6.35. The zero-order chi connectivity index (χ0) is 42.8. The Labute approximate surface area is 381 Å². The van der Waals surface area contributed by atoms with E-state index in [0.29, 0.717) is 0 Å². The highest BCUT2D eigenvalue weighted by Crippen LogP contribution is 2.51. The summed E-state index contributed by atoms with van der Waals surface area (Å²) in [5.74, 6) is 0. The van der Waals surface area contributed by atoms with E-state index in [4.69, 9.17) is 0 Å². The van der Waals surface area contributed by atoms with Crippen LogP contribution in [0.3, 0.4) is 0 Å². The molecule has 13 rings (SSSR count). The number of fused-ring (bicyclic) bond motifs is 4. The molecule has 0 heterocycles. The third-order valence-electron chi connectivity index (χ3n) is 14.8. The Kier molecular flexibility index (Phi) is 9.15. The van der Waals surface area contributed by atoms with Crippen LogP contribution in [0.15, 0.2) is 200 Å². The molecular weight excluding hydrogens is 783 g/mol. The van der Waals surface area contributed by atoms with Crippen LogP contribution in [0, 0.1) is 0 Å². The molecule has 310 valence electrons. The maximum Gasteiger partial charge on any atom is 0.0540 e. The highest BCUT2D eigenvalue weighted by atomic mass is 15.1. The molecule has 0 saturated carbocycles. The standard InChI is InChI=1S/C64H49N/c1-4-16-42(17-5-1)44-30-34-47(35-31-44)65(48-36-32-45(33-37-48)43-18-6-2-7-19-43)60-41-40-58-54-27-14-26-53-56(38-39-57(63(53)54)55-28-15-29-59(60)64(55)58)62-51-24-12-10-22-49(51)61(46-20-8-3-9-21-46)50-23-11-13-25-52(50)62/h1-9,14-21,26-41H,10-13,22-25H2. The van der Waals surface area contributed by atoms with Crippen molar-refractivity contribution in [3.8, 4) is 44.5 Å². The van der Waals surface area contributed by atoms with Crippen LogP contribution in [0.2, 0.25) is 0 Å². The number of anilines is 3. The molecule has 0 radical (unpaired) electrons. The summed E-state index contributed by atoms with van der Waals surface area (Å²) in [5.41, 5.74) is 20.7. The lowest BCUT2D eigenvalue weighted by Gasteiger charge is -2.32. The molecule has 11 aromatic carbocycles. The maximum atomic E-state index is 2.51. The molecule has 2 aliphatic rings. The molecule has 0 bridgehead atoms. The van der Waals surface area contributed by atoms with Gasteiger partial charge in [-0.25, -0.2) is 0 Å². The van der Waals surface area contributed by atoms with Crippen LogP contribution in [-0.2, 0) is 25.7 Å². The molecule has 0 N–H and O–H groups in total. The van der Waals surface area contributed by atoms with Gasteiger partial charge in [0.05, 0.1) is 5.69 Å². The summed E-state index contributed by atoms with van der Waals surface area (Å²) < 4.78 is 0. The molecule has 0 aliphatic heterocycles. The van der Waals surface area contributed by atoms with E-state index in [0.717, 1.165) is 24.2 Å². The van der Waals surface area contributed by atoms with Crippen LogP contribution in [0.4, 0.5) is 17.1 Å². The Balaban J connectivity index is 1.02. The Morgan fingerprint density at radius 3 is 1.15 bits per heavy atom. The SMILES string of the molecule is c1ccc(-c2ccc(N(c3ccc(-c4ccccc4)cc3)c3ccc4c5cccc6c(-c7c8c(c(-c9ccccc9)c9c7CCCC9)CCCC8)ccc(c7cccc3c74)c65)cc2)cc1. The average Bonchev–Trinajstić information content (AvgIpc) is 3.38. The van der Waals surface area contributed by atoms with Crippen molar-refractivity contribution in [1.82, 2.24) is 0 Å². The molecule has 0 unspecified atom stereocenters. The molecule has 0 aromatic heterocycles. The zero-order valence-corrected chi connectivity index (χ0v) is 36.7. The zero-order valence-electron chi connectivity index (χ0n) is 36.7. The van der Waals surface area contributed by atoms with Gasteiger partial charge < -0.3 is 4.90 Å². The van der Waals surface area contributed by atoms with Crippen molar-refractivity contribution in [2.45, 2.75) is 51.4 Å². The summed E-state index contributed by atoms with van der Waals surface area (Å²) >= 11 is 0. The molecule has 0 spiro atoms. The Morgan fingerprint density at radius 2 is 0.646 bits per heavy atom. The van der Waals surface area contributed by atoms with E-state index < -0.39 is 0 Å². The smallest absolute Gasteiger partial charge is 0.0540 e. The highest BCUT2D eigenvalue weighted by Gasteiger charge is 2.29. The number of rotatable bonds is 7. The quantitative estimate of drug-likeness (QED) is 0.114. The van der Waals surface area contributed by atoms with E-state index in [1.807, 2.05) is 0 Å². The third-order valence-corrected chi connectivity index (χ3v) is 14.8. The third kappa shape index (κ3) is 6.21. The molecule has 0 fully saturated rings. The normalized spacial score (nSPS) is 13.7. The molecule has 65 heavy (non-hydrogen) atoms. The van der Waals surface area contributed by atoms with Crippen molar-refractivity contribution in [3.63, 3.8) is 0 Å². The minimum absolute atomic E-state index is 1.13. The van der Waals surface area contributed by atoms with Crippen LogP contribution in [0.1, 0.15) is 47.9 Å². The first-order valence-corrected chi connectivity index (χ1v) is 23.8. The van der Waals surface area contributed by atoms with E-state index >= 15 is 0 Å². The summed E-state index contributed by atoms with van der Waals surface area (Å²) in [7, 11) is 0. The number of hydrogen-bond donors (Lipinski definition) is 0. The Morgan fingerprint density at radius 1 is 0.262 bits per heavy atom. The molecule has 1 heteroatoms. The fourth-order valence-electron chi connectivity index (χ4n) is 12.0. The molecule has 2 aliphatic carbocycles. The van der Waals surface area contributed by atoms with Gasteiger partial charge in [0.15, 0.2) is 0 Å². The van der Waals surface area contributed by atoms with Gasteiger partial charge in [-0.1, -0.05) is 170 Å². The Bertz CT molecular complexity index is 3410. The van der Waals surface area contributed by atoms with Gasteiger partial charge in [-0.05, 0) is 186 Å². The fourth-order valence-corrected chi connectivity index (χ4v) is 12.0. The van der Waals surface area contributed by atoms with Gasteiger partial charge in [0, 0.05) is 16.8 Å². The van der Waals surface area contributed by atoms with Crippen LogP contribution in [-0.4, -0.2) is 0 Å². The molecule has 0 saturated heterocycles. The molecule has 0 amide bonds. The van der Waals surface area contributed by atoms with Crippen LogP contribution < -0.4 is 4.90 Å². The first-order valence-electron chi connectivity index (χ1n) is 23.8. The van der Waals surface area contributed by atoms with Crippen molar-refractivity contribution in [2.75, 3.05) is 4.90 Å². The predicted octanol–water partition coefficient (Wildman–Crippen LogP) is 17.6. The van der Waals surface area contributed by atoms with Crippen molar-refractivity contribution in [3.05, 3.63) is 222 Å². The number of nitrogens with zero attached hydrogens (tertiary/aromatic N) is 1. The van der Waals surface area contributed by atoms with Gasteiger partial charge >= 0.3 is 0 Å². The van der Waals surface area contributed by atoms with E-state index in [1.165, 1.54) is 121 Å². The van der Waals surface area contributed by atoms with Gasteiger partial charge in [0.1, 0.15) is 0 Å². The summed E-state index contributed by atoms with van der Waals surface area (Å²) in [6, 6.07) is 74.8. The second-order valence-electron chi connectivity index (χ2n) is 18.4. The summed E-state index contributed by atoms with van der Waals surface area (Å²) in [5, 5.41) is 10.7. The first-order chi connectivity index (χ1) is 32.3. The lowest BCUT2D eigenvalue weighted by Crippen LogP contribution is -2.15. The van der Waals surface area contributed by atoms with Crippen molar-refractivity contribution in [1.29, 1.82) is 0 Å². The van der Waals surface area contributed by atoms with Crippen molar-refractivity contribution < 1.29 is 0 Å². The second kappa shape index (κ2) is 15.6. The van der Waals surface area contributed by atoms with Gasteiger partial charge in [-0.3, -0.25) is 0 Å². The minimum Gasteiger partial charge on any atom is -0.310 e. The van der Waals surface area contributed by atoms with E-state index in [9.17, 15) is 0 Å². The monoisotopic (exact) mass is 831 g/mol. The molecular formula is C64H49N. The second-order valence-corrected chi connectivity index (χ2v) is 18.4. The lowest BCUT2D eigenvalue weighted by molar-refractivity contribution is 0.663. The average molecular weight is 832 g/mol. The number of hydrogen-bond acceptors (Lipinski definition) is 1. The van der Waals surface area contributed by atoms with Crippen LogP contribution >= 0.6 is 0 Å². The van der Waals surface area contributed by atoms with Gasteiger partial charge in [-0.15, -0.1) is 0 Å². The molecule has 0 atom stereocenters. The maximum absolute atomic E-state index is 2.51. The lowest BCUT2D eigenvalue weighted by atomic mass is 9.72. The van der Waals surface area contributed by atoms with Crippen LogP contribution in [0.5, 0.6) is 0 Å². The summed E-state index contributed by atoms with van der Waals surface area (Å²) in [6.07, 6.45) is 9.72. The van der Waals surface area contributed by atoms with E-state index in [1.54, 1.807) is 33.4 Å². The number of benzene rings is 11. The van der Waals surface area contributed by atoms with Gasteiger partial charge in [0.2, 0.25) is 0 Å². The fraction of sp³-hybridized carbons (Fsp3) is 0.125. The van der Waals surface area contributed by atoms with Gasteiger partial charge in [0.25, 0.3) is 0 Å². The predicted molar refractivity (Wildman–Crippen MR) is 277 cm³/mol. The minimum atomic E-state index is 1.13.